The van der Waals surface area contributed by atoms with Crippen molar-refractivity contribution in [2.75, 3.05) is 32.8 Å². The minimum Gasteiger partial charge on any atom is -0.389 e. The fourth-order valence-electron chi connectivity index (χ4n) is 3.26. The topological polar surface area (TPSA) is 90.9 Å². The summed E-state index contributed by atoms with van der Waals surface area (Å²) in [6, 6.07) is -0.186. The third-order valence-electron chi connectivity index (χ3n) is 4.43. The van der Waals surface area contributed by atoms with Crippen LogP contribution in [-0.2, 0) is 14.3 Å². The van der Waals surface area contributed by atoms with Gasteiger partial charge in [0.1, 0.15) is 0 Å². The summed E-state index contributed by atoms with van der Waals surface area (Å²) in [6.07, 6.45) is 3.18. The molecular weight excluding hydrogens is 286 g/mol. The average molecular weight is 313 g/mol. The molecule has 0 bridgehead atoms. The summed E-state index contributed by atoms with van der Waals surface area (Å²) < 4.78 is 5.37. The quantitative estimate of drug-likeness (QED) is 0.594. The first-order chi connectivity index (χ1) is 10.6. The maximum absolute atomic E-state index is 11.9. The highest BCUT2D eigenvalue weighted by molar-refractivity contribution is 5.83. The highest BCUT2D eigenvalue weighted by atomic mass is 16.5. The Hall–Kier alpha value is -1.18. The molecule has 2 amide bonds. The van der Waals surface area contributed by atoms with Crippen molar-refractivity contribution in [1.82, 2.24) is 15.5 Å². The molecule has 2 rings (SSSR count). The first kappa shape index (κ1) is 17.2. The maximum Gasteiger partial charge on any atom is 0.239 e. The van der Waals surface area contributed by atoms with Crippen molar-refractivity contribution in [1.29, 1.82) is 0 Å². The Morgan fingerprint density at radius 2 is 1.91 bits per heavy atom. The number of carbonyl (C=O) groups excluding carboxylic acids is 2. The molecule has 3 atom stereocenters. The molecule has 0 spiro atoms. The van der Waals surface area contributed by atoms with Gasteiger partial charge in [0.05, 0.1) is 31.9 Å². The second-order valence-corrected chi connectivity index (χ2v) is 6.07. The van der Waals surface area contributed by atoms with E-state index in [1.165, 1.54) is 6.92 Å². The largest absolute Gasteiger partial charge is 0.389 e. The molecule has 22 heavy (non-hydrogen) atoms. The Bertz CT molecular complexity index is 385. The van der Waals surface area contributed by atoms with Crippen LogP contribution in [0.4, 0.5) is 0 Å². The Morgan fingerprint density at radius 1 is 1.23 bits per heavy atom. The van der Waals surface area contributed by atoms with Crippen LogP contribution in [0.15, 0.2) is 0 Å². The zero-order valence-corrected chi connectivity index (χ0v) is 13.2. The summed E-state index contributed by atoms with van der Waals surface area (Å²) in [5.41, 5.74) is 0. The van der Waals surface area contributed by atoms with Gasteiger partial charge in [0.15, 0.2) is 0 Å². The van der Waals surface area contributed by atoms with Gasteiger partial charge in [-0.3, -0.25) is 14.5 Å². The van der Waals surface area contributed by atoms with Crippen LogP contribution >= 0.6 is 0 Å². The van der Waals surface area contributed by atoms with Gasteiger partial charge in [-0.2, -0.15) is 0 Å². The second-order valence-electron chi connectivity index (χ2n) is 6.07. The number of nitrogens with zero attached hydrogens (tertiary/aromatic N) is 1. The molecule has 1 saturated heterocycles. The predicted octanol–water partition coefficient (Wildman–Crippen LogP) is -0.757. The van der Waals surface area contributed by atoms with Gasteiger partial charge in [0.25, 0.3) is 0 Å². The van der Waals surface area contributed by atoms with Crippen molar-refractivity contribution in [2.24, 2.45) is 0 Å². The lowest BCUT2D eigenvalue weighted by Gasteiger charge is -2.38. The summed E-state index contributed by atoms with van der Waals surface area (Å²) in [5, 5.41) is 16.1. The molecule has 0 aromatic rings. The molecule has 0 aromatic carbocycles. The van der Waals surface area contributed by atoms with Gasteiger partial charge in [-0.05, 0) is 12.8 Å². The predicted molar refractivity (Wildman–Crippen MR) is 81.3 cm³/mol. The molecule has 7 heteroatoms. The van der Waals surface area contributed by atoms with E-state index < -0.39 is 6.10 Å². The maximum atomic E-state index is 11.9. The average Bonchev–Trinajstić information content (AvgIpc) is 2.69. The number of nitrogens with one attached hydrogen (secondary N) is 2. The molecule has 2 fully saturated rings. The molecule has 3 N–H and O–H groups in total. The number of rotatable bonds is 4. The van der Waals surface area contributed by atoms with Crippen molar-refractivity contribution >= 4 is 11.8 Å². The Morgan fingerprint density at radius 3 is 2.59 bits per heavy atom. The highest BCUT2D eigenvalue weighted by Crippen LogP contribution is 2.23. The van der Waals surface area contributed by atoms with Crippen LogP contribution < -0.4 is 10.6 Å². The number of hydrogen-bond donors (Lipinski definition) is 3. The van der Waals surface area contributed by atoms with Gasteiger partial charge < -0.3 is 20.5 Å². The number of aliphatic hydroxyl groups excluding tert-OH is 1. The van der Waals surface area contributed by atoms with Gasteiger partial charge in [-0.25, -0.2) is 0 Å². The van der Waals surface area contributed by atoms with Gasteiger partial charge in [-0.15, -0.1) is 0 Å². The molecule has 2 aliphatic rings. The van der Waals surface area contributed by atoms with E-state index in [9.17, 15) is 14.7 Å². The van der Waals surface area contributed by atoms with Crippen LogP contribution in [0.1, 0.15) is 32.6 Å². The fraction of sp³-hybridized carbons (Fsp3) is 0.867. The van der Waals surface area contributed by atoms with E-state index in [1.807, 2.05) is 0 Å². The molecule has 1 aliphatic heterocycles. The second kappa shape index (κ2) is 8.45. The Kier molecular flexibility index (Phi) is 6.60. The number of amides is 2. The van der Waals surface area contributed by atoms with E-state index in [0.29, 0.717) is 13.2 Å². The normalized spacial score (nSPS) is 30.4. The summed E-state index contributed by atoms with van der Waals surface area (Å²) in [4.78, 5) is 25.0. The summed E-state index contributed by atoms with van der Waals surface area (Å²) in [6.45, 7) is 4.39. The summed E-state index contributed by atoms with van der Waals surface area (Å²) >= 11 is 0. The molecule has 1 aliphatic carbocycles. The van der Waals surface area contributed by atoms with Crippen LogP contribution in [0, 0.1) is 0 Å². The number of aliphatic hydroxyl groups is 1. The smallest absolute Gasteiger partial charge is 0.239 e. The van der Waals surface area contributed by atoms with Crippen LogP contribution in [0.3, 0.4) is 0 Å². The highest BCUT2D eigenvalue weighted by Gasteiger charge is 2.35. The van der Waals surface area contributed by atoms with Crippen LogP contribution in [0.2, 0.25) is 0 Å². The first-order valence-electron chi connectivity index (χ1n) is 8.11. The van der Waals surface area contributed by atoms with Crippen LogP contribution in [0.25, 0.3) is 0 Å². The molecule has 0 radical (unpaired) electrons. The molecule has 0 aromatic heterocycles. The fourth-order valence-corrected chi connectivity index (χ4v) is 3.26. The SMILES string of the molecule is CC(=O)NCC(=O)N[C@@H]1CCCC[C@@H](N2CCOCC2)[C@@H]1O. The molecule has 1 saturated carbocycles. The van der Waals surface area contributed by atoms with E-state index in [0.717, 1.165) is 38.8 Å². The Balaban J connectivity index is 1.91. The number of ether oxygens (including phenoxy) is 1. The zero-order chi connectivity index (χ0) is 15.9. The van der Waals surface area contributed by atoms with E-state index in [2.05, 4.69) is 15.5 Å². The third kappa shape index (κ3) is 4.93. The first-order valence-corrected chi connectivity index (χ1v) is 8.11. The molecular formula is C15H27N3O4. The van der Waals surface area contributed by atoms with Crippen molar-refractivity contribution < 1.29 is 19.4 Å². The number of morpholine rings is 1. The number of carbonyl (C=O) groups is 2. The third-order valence-corrected chi connectivity index (χ3v) is 4.43. The van der Waals surface area contributed by atoms with Crippen molar-refractivity contribution in [3.63, 3.8) is 0 Å². The molecule has 7 nitrogen and oxygen atoms in total. The van der Waals surface area contributed by atoms with Crippen molar-refractivity contribution in [2.45, 2.75) is 50.8 Å². The van der Waals surface area contributed by atoms with Crippen molar-refractivity contribution in [3.05, 3.63) is 0 Å². The summed E-state index contributed by atoms with van der Waals surface area (Å²) in [7, 11) is 0. The van der Waals surface area contributed by atoms with Gasteiger partial charge in [0, 0.05) is 26.1 Å². The van der Waals surface area contributed by atoms with E-state index in [-0.39, 0.29) is 30.4 Å². The minimum atomic E-state index is -0.582. The number of hydrogen-bond acceptors (Lipinski definition) is 5. The molecule has 126 valence electrons. The van der Waals surface area contributed by atoms with Crippen LogP contribution in [0.5, 0.6) is 0 Å². The van der Waals surface area contributed by atoms with E-state index >= 15 is 0 Å². The lowest BCUT2D eigenvalue weighted by Crippen LogP contribution is -2.56. The molecule has 1 heterocycles. The van der Waals surface area contributed by atoms with E-state index in [4.69, 9.17) is 4.74 Å². The minimum absolute atomic E-state index is 0.0409. The van der Waals surface area contributed by atoms with Gasteiger partial charge in [0.2, 0.25) is 11.8 Å². The van der Waals surface area contributed by atoms with Crippen molar-refractivity contribution in [3.8, 4) is 0 Å². The zero-order valence-electron chi connectivity index (χ0n) is 13.2. The standard InChI is InChI=1S/C15H27N3O4/c1-11(19)16-10-14(20)17-12-4-2-3-5-13(15(12)21)18-6-8-22-9-7-18/h12-13,15,21H,2-10H2,1H3,(H,16,19)(H,17,20)/t12-,13-,15-/m1/s1. The molecule has 0 unspecified atom stereocenters. The van der Waals surface area contributed by atoms with E-state index in [1.54, 1.807) is 0 Å². The lowest BCUT2D eigenvalue weighted by atomic mass is 9.99. The monoisotopic (exact) mass is 313 g/mol. The van der Waals surface area contributed by atoms with Crippen LogP contribution in [-0.4, -0.2) is 72.9 Å². The Labute approximate surface area is 131 Å². The van der Waals surface area contributed by atoms with Gasteiger partial charge in [-0.1, -0.05) is 12.8 Å². The summed E-state index contributed by atoms with van der Waals surface area (Å²) in [5.74, 6) is -0.482. The van der Waals surface area contributed by atoms with Gasteiger partial charge >= 0.3 is 0 Å². The lowest BCUT2D eigenvalue weighted by molar-refractivity contribution is -0.126.